The third kappa shape index (κ3) is 1.58. The van der Waals surface area contributed by atoms with Crippen molar-refractivity contribution in [1.82, 2.24) is 4.90 Å². The minimum atomic E-state index is -0.210. The molecule has 0 bridgehead atoms. The number of benzene rings is 1. The first-order valence-electron chi connectivity index (χ1n) is 5.91. The zero-order valence-electron chi connectivity index (χ0n) is 9.58. The van der Waals surface area contributed by atoms with Crippen LogP contribution in [0.5, 0.6) is 0 Å². The van der Waals surface area contributed by atoms with E-state index in [1.807, 2.05) is 41.3 Å². The van der Waals surface area contributed by atoms with Gasteiger partial charge in [0, 0.05) is 17.9 Å². The lowest BCUT2D eigenvalue weighted by atomic mass is 10.0. The van der Waals surface area contributed by atoms with Crippen molar-refractivity contribution in [3.05, 3.63) is 48.6 Å². The van der Waals surface area contributed by atoms with E-state index in [2.05, 4.69) is 6.58 Å². The van der Waals surface area contributed by atoms with Gasteiger partial charge in [-0.05, 0) is 0 Å². The van der Waals surface area contributed by atoms with Gasteiger partial charge in [0.15, 0.2) is 6.23 Å². The smallest absolute Gasteiger partial charge is 0.225 e. The quantitative estimate of drug-likeness (QED) is 0.727. The Morgan fingerprint density at radius 1 is 1.35 bits per heavy atom. The molecule has 2 saturated heterocycles. The van der Waals surface area contributed by atoms with Crippen molar-refractivity contribution < 1.29 is 9.53 Å². The minimum Gasteiger partial charge on any atom is -0.352 e. The fourth-order valence-corrected chi connectivity index (χ4v) is 2.73. The lowest BCUT2D eigenvalue weighted by Gasteiger charge is -2.23. The molecule has 2 aliphatic rings. The Morgan fingerprint density at radius 2 is 2.12 bits per heavy atom. The van der Waals surface area contributed by atoms with Crippen LogP contribution in [0, 0.1) is 5.92 Å². The van der Waals surface area contributed by atoms with Crippen molar-refractivity contribution in [2.45, 2.75) is 18.7 Å². The summed E-state index contributed by atoms with van der Waals surface area (Å²) in [5.74, 6) is 0.405. The van der Waals surface area contributed by atoms with Crippen LogP contribution in [-0.4, -0.2) is 23.5 Å². The molecule has 3 heteroatoms. The van der Waals surface area contributed by atoms with Crippen LogP contribution < -0.4 is 0 Å². The second-order valence-electron chi connectivity index (χ2n) is 4.57. The maximum Gasteiger partial charge on any atom is 0.225 e. The molecule has 0 radical (unpaired) electrons. The summed E-state index contributed by atoms with van der Waals surface area (Å²) in [4.78, 5) is 13.9. The summed E-state index contributed by atoms with van der Waals surface area (Å²) in [6.07, 6.45) is 2.24. The number of carbonyl (C=O) groups excluding carboxylic acids is 1. The van der Waals surface area contributed by atoms with Gasteiger partial charge in [-0.3, -0.25) is 4.79 Å². The van der Waals surface area contributed by atoms with Gasteiger partial charge in [0.1, 0.15) is 0 Å². The van der Waals surface area contributed by atoms with Gasteiger partial charge in [-0.2, -0.15) is 0 Å². The summed E-state index contributed by atoms with van der Waals surface area (Å²) >= 11 is 0. The Balaban J connectivity index is 1.91. The predicted octanol–water partition coefficient (Wildman–Crippen LogP) is 2.12. The SMILES string of the molecule is C=CC1CC(=O)N2C1CO[C@H]2c1ccccc1. The number of amides is 1. The zero-order valence-corrected chi connectivity index (χ0v) is 9.58. The molecule has 0 saturated carbocycles. The maximum absolute atomic E-state index is 12.0. The molecule has 2 aliphatic heterocycles. The van der Waals surface area contributed by atoms with Gasteiger partial charge in [0.2, 0.25) is 5.91 Å². The highest BCUT2D eigenvalue weighted by Crippen LogP contribution is 2.40. The molecule has 1 aromatic carbocycles. The van der Waals surface area contributed by atoms with E-state index in [1.165, 1.54) is 0 Å². The molecule has 0 N–H and O–H groups in total. The van der Waals surface area contributed by atoms with Crippen LogP contribution >= 0.6 is 0 Å². The number of rotatable bonds is 2. The Morgan fingerprint density at radius 3 is 2.82 bits per heavy atom. The lowest BCUT2D eigenvalue weighted by Crippen LogP contribution is -2.32. The Kier molecular flexibility index (Phi) is 2.48. The van der Waals surface area contributed by atoms with Crippen LogP contribution in [0.25, 0.3) is 0 Å². The monoisotopic (exact) mass is 229 g/mol. The second-order valence-corrected chi connectivity index (χ2v) is 4.57. The van der Waals surface area contributed by atoms with Gasteiger partial charge in [-0.25, -0.2) is 0 Å². The van der Waals surface area contributed by atoms with Crippen LogP contribution in [0.4, 0.5) is 0 Å². The van der Waals surface area contributed by atoms with Crippen molar-refractivity contribution >= 4 is 5.91 Å². The molecular formula is C14H15NO2. The Bertz CT molecular complexity index is 443. The van der Waals surface area contributed by atoms with E-state index in [4.69, 9.17) is 4.74 Å². The normalized spacial score (nSPS) is 31.6. The van der Waals surface area contributed by atoms with E-state index in [0.717, 1.165) is 5.56 Å². The molecular weight excluding hydrogens is 214 g/mol. The fraction of sp³-hybridized carbons (Fsp3) is 0.357. The highest BCUT2D eigenvalue weighted by Gasteiger charge is 2.47. The fourth-order valence-electron chi connectivity index (χ4n) is 2.73. The molecule has 1 aromatic rings. The number of hydrogen-bond donors (Lipinski definition) is 0. The van der Waals surface area contributed by atoms with Crippen molar-refractivity contribution in [3.63, 3.8) is 0 Å². The summed E-state index contributed by atoms with van der Waals surface area (Å²) in [6.45, 7) is 4.41. The predicted molar refractivity (Wildman–Crippen MR) is 64.1 cm³/mol. The van der Waals surface area contributed by atoms with Crippen molar-refractivity contribution in [2.75, 3.05) is 6.61 Å². The highest BCUT2D eigenvalue weighted by atomic mass is 16.5. The van der Waals surface area contributed by atoms with Gasteiger partial charge in [0.25, 0.3) is 0 Å². The molecule has 1 amide bonds. The number of ether oxygens (including phenoxy) is 1. The molecule has 0 aromatic heterocycles. The number of nitrogens with zero attached hydrogens (tertiary/aromatic N) is 1. The van der Waals surface area contributed by atoms with E-state index in [1.54, 1.807) is 0 Å². The van der Waals surface area contributed by atoms with Crippen LogP contribution in [0.3, 0.4) is 0 Å². The zero-order chi connectivity index (χ0) is 11.8. The minimum absolute atomic E-state index is 0.171. The highest BCUT2D eigenvalue weighted by molar-refractivity contribution is 5.80. The first-order valence-corrected chi connectivity index (χ1v) is 5.91. The summed E-state index contributed by atoms with van der Waals surface area (Å²) < 4.78 is 5.77. The largest absolute Gasteiger partial charge is 0.352 e. The molecule has 2 fully saturated rings. The molecule has 0 spiro atoms. The van der Waals surface area contributed by atoms with Crippen molar-refractivity contribution in [1.29, 1.82) is 0 Å². The maximum atomic E-state index is 12.0. The van der Waals surface area contributed by atoms with Gasteiger partial charge in [-0.15, -0.1) is 6.58 Å². The van der Waals surface area contributed by atoms with Gasteiger partial charge in [0.05, 0.1) is 12.6 Å². The average molecular weight is 229 g/mol. The van der Waals surface area contributed by atoms with E-state index < -0.39 is 0 Å². The van der Waals surface area contributed by atoms with E-state index in [-0.39, 0.29) is 24.1 Å². The third-order valence-electron chi connectivity index (χ3n) is 3.61. The topological polar surface area (TPSA) is 29.5 Å². The second kappa shape index (κ2) is 4.00. The summed E-state index contributed by atoms with van der Waals surface area (Å²) in [5, 5.41) is 0. The van der Waals surface area contributed by atoms with E-state index in [0.29, 0.717) is 13.0 Å². The Labute approximate surface area is 101 Å². The average Bonchev–Trinajstić information content (AvgIpc) is 2.92. The van der Waals surface area contributed by atoms with E-state index in [9.17, 15) is 4.79 Å². The van der Waals surface area contributed by atoms with Crippen LogP contribution in [0.1, 0.15) is 18.2 Å². The number of carbonyl (C=O) groups is 1. The van der Waals surface area contributed by atoms with E-state index >= 15 is 0 Å². The number of fused-ring (bicyclic) bond motifs is 1. The summed E-state index contributed by atoms with van der Waals surface area (Å²) in [5.41, 5.74) is 1.05. The Hall–Kier alpha value is -1.61. The standard InChI is InChI=1S/C14H15NO2/c1-2-10-8-13(16)15-12(10)9-17-14(15)11-6-4-3-5-7-11/h2-7,10,12,14H,1,8-9H2/t10?,12?,14-/m0/s1. The van der Waals surface area contributed by atoms with Gasteiger partial charge < -0.3 is 9.64 Å². The molecule has 2 heterocycles. The summed E-state index contributed by atoms with van der Waals surface area (Å²) in [6, 6.07) is 10.1. The van der Waals surface area contributed by atoms with Crippen molar-refractivity contribution in [3.8, 4) is 0 Å². The molecule has 17 heavy (non-hydrogen) atoms. The third-order valence-corrected chi connectivity index (χ3v) is 3.61. The molecule has 88 valence electrons. The molecule has 3 rings (SSSR count). The molecule has 0 aliphatic carbocycles. The first-order chi connectivity index (χ1) is 8.31. The summed E-state index contributed by atoms with van der Waals surface area (Å²) in [7, 11) is 0. The molecule has 3 atom stereocenters. The molecule has 2 unspecified atom stereocenters. The van der Waals surface area contributed by atoms with Gasteiger partial charge in [-0.1, -0.05) is 36.4 Å². The van der Waals surface area contributed by atoms with Gasteiger partial charge >= 0.3 is 0 Å². The van der Waals surface area contributed by atoms with Crippen LogP contribution in [0.2, 0.25) is 0 Å². The van der Waals surface area contributed by atoms with Crippen molar-refractivity contribution in [2.24, 2.45) is 5.92 Å². The molecule has 3 nitrogen and oxygen atoms in total. The van der Waals surface area contributed by atoms with Crippen LogP contribution in [0.15, 0.2) is 43.0 Å². The first kappa shape index (κ1) is 10.5. The van der Waals surface area contributed by atoms with Crippen LogP contribution in [-0.2, 0) is 9.53 Å². The number of hydrogen-bond acceptors (Lipinski definition) is 2. The lowest BCUT2D eigenvalue weighted by molar-refractivity contribution is -0.134.